The van der Waals surface area contributed by atoms with Gasteiger partial charge in [-0.05, 0) is 12.8 Å². The molecular weight excluding hydrogens is 189 g/mol. The third-order valence-electron chi connectivity index (χ3n) is 2.02. The molecule has 0 amide bonds. The standard InChI is InChI=1S/C7H9F3O3/c8-6(2-1-3-13-4-6)7(9,10)5(11)12/h1-4H2,(H,11,12). The second-order valence-corrected chi connectivity index (χ2v) is 3.00. The largest absolute Gasteiger partial charge is 0.477 e. The van der Waals surface area contributed by atoms with Crippen LogP contribution in [0.15, 0.2) is 0 Å². The minimum atomic E-state index is -4.37. The zero-order valence-electron chi connectivity index (χ0n) is 6.73. The number of hydrogen-bond acceptors (Lipinski definition) is 2. The molecule has 0 aromatic rings. The van der Waals surface area contributed by atoms with Crippen LogP contribution in [0.2, 0.25) is 0 Å². The van der Waals surface area contributed by atoms with Crippen molar-refractivity contribution in [3.63, 3.8) is 0 Å². The fraction of sp³-hybridized carbons (Fsp3) is 0.857. The zero-order valence-corrected chi connectivity index (χ0v) is 6.73. The van der Waals surface area contributed by atoms with Crippen LogP contribution in [-0.2, 0) is 9.53 Å². The Labute approximate surface area is 72.5 Å². The molecule has 3 nitrogen and oxygen atoms in total. The van der Waals surface area contributed by atoms with E-state index in [9.17, 15) is 18.0 Å². The first-order valence-corrected chi connectivity index (χ1v) is 3.78. The Kier molecular flexibility index (Phi) is 2.51. The lowest BCUT2D eigenvalue weighted by molar-refractivity contribution is -0.209. The summed E-state index contributed by atoms with van der Waals surface area (Å²) in [6, 6.07) is 0. The predicted octanol–water partition coefficient (Wildman–Crippen LogP) is 1.23. The maximum Gasteiger partial charge on any atom is 0.378 e. The molecule has 1 aliphatic rings. The number of halogens is 3. The van der Waals surface area contributed by atoms with E-state index in [-0.39, 0.29) is 13.0 Å². The molecule has 1 unspecified atom stereocenters. The van der Waals surface area contributed by atoms with Crippen molar-refractivity contribution >= 4 is 5.97 Å². The summed E-state index contributed by atoms with van der Waals surface area (Å²) >= 11 is 0. The molecular formula is C7H9F3O3. The van der Waals surface area contributed by atoms with Crippen LogP contribution in [-0.4, -0.2) is 35.9 Å². The van der Waals surface area contributed by atoms with Crippen molar-refractivity contribution in [2.45, 2.75) is 24.4 Å². The van der Waals surface area contributed by atoms with Gasteiger partial charge in [0.15, 0.2) is 0 Å². The minimum Gasteiger partial charge on any atom is -0.477 e. The summed E-state index contributed by atoms with van der Waals surface area (Å²) in [5, 5.41) is 8.11. The monoisotopic (exact) mass is 198 g/mol. The number of rotatable bonds is 2. The van der Waals surface area contributed by atoms with Crippen molar-refractivity contribution in [2.75, 3.05) is 13.2 Å². The molecule has 0 bridgehead atoms. The van der Waals surface area contributed by atoms with Gasteiger partial charge in [0, 0.05) is 6.61 Å². The average molecular weight is 198 g/mol. The molecule has 1 atom stereocenters. The van der Waals surface area contributed by atoms with Crippen molar-refractivity contribution in [3.8, 4) is 0 Å². The second-order valence-electron chi connectivity index (χ2n) is 3.00. The summed E-state index contributed by atoms with van der Waals surface area (Å²) in [5.41, 5.74) is -3.06. The minimum absolute atomic E-state index is 0.110. The van der Waals surface area contributed by atoms with E-state index in [1.807, 2.05) is 0 Å². The summed E-state index contributed by atoms with van der Waals surface area (Å²) in [5.74, 6) is -6.81. The molecule has 0 aromatic carbocycles. The molecule has 0 aliphatic carbocycles. The molecule has 0 aromatic heterocycles. The highest BCUT2D eigenvalue weighted by atomic mass is 19.3. The van der Waals surface area contributed by atoms with Gasteiger partial charge >= 0.3 is 11.9 Å². The van der Waals surface area contributed by atoms with Crippen LogP contribution >= 0.6 is 0 Å². The molecule has 6 heteroatoms. The Balaban J connectivity index is 2.82. The molecule has 0 spiro atoms. The molecule has 1 N–H and O–H groups in total. The van der Waals surface area contributed by atoms with Crippen molar-refractivity contribution in [1.29, 1.82) is 0 Å². The fourth-order valence-corrected chi connectivity index (χ4v) is 1.20. The number of alkyl halides is 3. The highest BCUT2D eigenvalue weighted by Gasteiger charge is 2.61. The van der Waals surface area contributed by atoms with E-state index < -0.39 is 30.6 Å². The van der Waals surface area contributed by atoms with Crippen molar-refractivity contribution in [1.82, 2.24) is 0 Å². The maximum atomic E-state index is 13.3. The van der Waals surface area contributed by atoms with Crippen molar-refractivity contribution in [3.05, 3.63) is 0 Å². The van der Waals surface area contributed by atoms with Crippen LogP contribution < -0.4 is 0 Å². The third kappa shape index (κ3) is 1.63. The molecule has 76 valence electrons. The number of carboxylic acid groups (broad SMARTS) is 1. The number of hydrogen-bond donors (Lipinski definition) is 1. The first-order valence-electron chi connectivity index (χ1n) is 3.78. The lowest BCUT2D eigenvalue weighted by Gasteiger charge is -2.33. The van der Waals surface area contributed by atoms with Gasteiger partial charge in [0.1, 0.15) is 0 Å². The van der Waals surface area contributed by atoms with Gasteiger partial charge in [-0.3, -0.25) is 0 Å². The lowest BCUT2D eigenvalue weighted by Crippen LogP contribution is -2.54. The topological polar surface area (TPSA) is 46.5 Å². The summed E-state index contributed by atoms with van der Waals surface area (Å²) in [6.07, 6.45) is -0.369. The van der Waals surface area contributed by atoms with Crippen molar-refractivity contribution in [2.24, 2.45) is 0 Å². The molecule has 1 heterocycles. The van der Waals surface area contributed by atoms with E-state index >= 15 is 0 Å². The van der Waals surface area contributed by atoms with E-state index in [2.05, 4.69) is 4.74 Å². The van der Waals surface area contributed by atoms with Crippen molar-refractivity contribution < 1.29 is 27.8 Å². The van der Waals surface area contributed by atoms with Gasteiger partial charge in [-0.2, -0.15) is 8.78 Å². The van der Waals surface area contributed by atoms with Gasteiger partial charge in [0.05, 0.1) is 6.61 Å². The molecule has 1 rings (SSSR count). The van der Waals surface area contributed by atoms with Crippen LogP contribution in [0.25, 0.3) is 0 Å². The quantitative estimate of drug-likeness (QED) is 0.725. The van der Waals surface area contributed by atoms with E-state index in [1.54, 1.807) is 0 Å². The number of aliphatic carboxylic acids is 1. The van der Waals surface area contributed by atoms with Gasteiger partial charge in [-0.1, -0.05) is 0 Å². The Morgan fingerprint density at radius 1 is 1.54 bits per heavy atom. The molecule has 0 radical (unpaired) electrons. The van der Waals surface area contributed by atoms with Crippen LogP contribution in [0.5, 0.6) is 0 Å². The van der Waals surface area contributed by atoms with Crippen LogP contribution in [0.4, 0.5) is 13.2 Å². The first-order chi connectivity index (χ1) is 5.90. The molecule has 13 heavy (non-hydrogen) atoms. The Hall–Kier alpha value is -0.780. The lowest BCUT2D eigenvalue weighted by atomic mass is 9.91. The summed E-state index contributed by atoms with van der Waals surface area (Å²) in [4.78, 5) is 10.1. The highest BCUT2D eigenvalue weighted by Crippen LogP contribution is 2.38. The molecule has 0 saturated carbocycles. The zero-order chi connectivity index (χ0) is 10.1. The van der Waals surface area contributed by atoms with Crippen LogP contribution in [0, 0.1) is 0 Å². The molecule has 1 saturated heterocycles. The SMILES string of the molecule is O=C(O)C(F)(F)C1(F)CCCOC1. The third-order valence-corrected chi connectivity index (χ3v) is 2.02. The highest BCUT2D eigenvalue weighted by molar-refractivity contribution is 5.77. The fourth-order valence-electron chi connectivity index (χ4n) is 1.20. The average Bonchev–Trinajstić information content (AvgIpc) is 2.05. The smallest absolute Gasteiger partial charge is 0.378 e. The second kappa shape index (κ2) is 3.17. The summed E-state index contributed by atoms with van der Waals surface area (Å²) in [6.45, 7) is -0.659. The van der Waals surface area contributed by atoms with E-state index in [1.165, 1.54) is 0 Å². The molecule has 1 aliphatic heterocycles. The maximum absolute atomic E-state index is 13.3. The predicted molar refractivity (Wildman–Crippen MR) is 36.5 cm³/mol. The van der Waals surface area contributed by atoms with Gasteiger partial charge in [-0.25, -0.2) is 9.18 Å². The summed E-state index contributed by atoms with van der Waals surface area (Å²) in [7, 11) is 0. The van der Waals surface area contributed by atoms with Crippen LogP contribution in [0.3, 0.4) is 0 Å². The Morgan fingerprint density at radius 3 is 2.54 bits per heavy atom. The number of carboxylic acids is 1. The molecule has 1 fully saturated rings. The number of ether oxygens (including phenoxy) is 1. The van der Waals surface area contributed by atoms with Crippen LogP contribution in [0.1, 0.15) is 12.8 Å². The van der Waals surface area contributed by atoms with Gasteiger partial charge in [0.2, 0.25) is 5.67 Å². The Morgan fingerprint density at radius 2 is 2.15 bits per heavy atom. The van der Waals surface area contributed by atoms with E-state index in [0.717, 1.165) is 0 Å². The normalized spacial score (nSPS) is 30.1. The Bertz CT molecular complexity index is 211. The summed E-state index contributed by atoms with van der Waals surface area (Å²) < 4.78 is 43.4. The van der Waals surface area contributed by atoms with Gasteiger partial charge in [0.25, 0.3) is 0 Å². The van der Waals surface area contributed by atoms with E-state index in [0.29, 0.717) is 0 Å². The first kappa shape index (κ1) is 10.3. The van der Waals surface area contributed by atoms with E-state index in [4.69, 9.17) is 5.11 Å². The number of carbonyl (C=O) groups is 1. The van der Waals surface area contributed by atoms with Gasteiger partial charge < -0.3 is 9.84 Å². The van der Waals surface area contributed by atoms with Gasteiger partial charge in [-0.15, -0.1) is 0 Å².